The van der Waals surface area contributed by atoms with E-state index in [-0.39, 0.29) is 44.3 Å². The second-order valence-electron chi connectivity index (χ2n) is 8.22. The van der Waals surface area contributed by atoms with Gasteiger partial charge in [0.2, 0.25) is 10.0 Å². The summed E-state index contributed by atoms with van der Waals surface area (Å²) >= 11 is 0. The van der Waals surface area contributed by atoms with Crippen LogP contribution in [0, 0.1) is 5.82 Å². The molecule has 0 bridgehead atoms. The summed E-state index contributed by atoms with van der Waals surface area (Å²) < 4.78 is 89.9. The van der Waals surface area contributed by atoms with Gasteiger partial charge in [0, 0.05) is 18.7 Å². The zero-order valence-electron chi connectivity index (χ0n) is 19.6. The highest BCUT2D eigenvalue weighted by Crippen LogP contribution is 2.35. The molecule has 0 aliphatic carbocycles. The maximum absolute atomic E-state index is 13.5. The molecule has 2 heterocycles. The molecule has 1 aromatic heterocycles. The predicted molar refractivity (Wildman–Crippen MR) is 124 cm³/mol. The minimum Gasteiger partial charge on any atom is -0.461 e. The molecule has 0 spiro atoms. The average molecular weight is 542 g/mol. The molecule has 0 saturated carbocycles. The van der Waals surface area contributed by atoms with Crippen molar-refractivity contribution in [3.63, 3.8) is 0 Å². The third-order valence-electron chi connectivity index (χ3n) is 5.82. The van der Waals surface area contributed by atoms with E-state index in [1.54, 1.807) is 11.6 Å². The van der Waals surface area contributed by atoms with Gasteiger partial charge in [0.1, 0.15) is 16.5 Å². The summed E-state index contributed by atoms with van der Waals surface area (Å²) in [6.07, 6.45) is -4.52. The van der Waals surface area contributed by atoms with Crippen LogP contribution in [-0.2, 0) is 14.8 Å². The van der Waals surface area contributed by atoms with E-state index in [1.165, 1.54) is 42.5 Å². The zero-order chi connectivity index (χ0) is 26.8. The number of hydrogen-bond acceptors (Lipinski definition) is 6. The van der Waals surface area contributed by atoms with Gasteiger partial charge in [-0.15, -0.1) is 13.2 Å². The van der Waals surface area contributed by atoms with Gasteiger partial charge in [-0.3, -0.25) is 4.68 Å². The number of benzene rings is 2. The molecule has 198 valence electrons. The summed E-state index contributed by atoms with van der Waals surface area (Å²) in [7, 11) is -4.29. The molecular weight excluding hydrogens is 518 g/mol. The van der Waals surface area contributed by atoms with Crippen molar-refractivity contribution in [2.24, 2.45) is 0 Å². The van der Waals surface area contributed by atoms with E-state index in [0.29, 0.717) is 11.3 Å². The number of nitrogens with zero attached hydrogens (tertiary/aromatic N) is 3. The molecule has 1 aliphatic heterocycles. The summed E-state index contributed by atoms with van der Waals surface area (Å²) in [5, 5.41) is 4.39. The van der Waals surface area contributed by atoms with Crippen molar-refractivity contribution in [2.75, 3.05) is 19.7 Å². The molecule has 0 N–H and O–H groups in total. The van der Waals surface area contributed by atoms with Gasteiger partial charge in [-0.25, -0.2) is 17.6 Å². The number of alkyl halides is 3. The van der Waals surface area contributed by atoms with Gasteiger partial charge in [-0.1, -0.05) is 12.1 Å². The van der Waals surface area contributed by atoms with Crippen LogP contribution in [0.1, 0.15) is 36.3 Å². The van der Waals surface area contributed by atoms with Gasteiger partial charge in [-0.05, 0) is 62.2 Å². The lowest BCUT2D eigenvalue weighted by Crippen LogP contribution is -2.39. The third-order valence-corrected chi connectivity index (χ3v) is 7.76. The highest BCUT2D eigenvalue weighted by Gasteiger charge is 2.37. The molecule has 0 amide bonds. The van der Waals surface area contributed by atoms with E-state index in [9.17, 15) is 30.8 Å². The number of esters is 1. The van der Waals surface area contributed by atoms with Gasteiger partial charge in [0.15, 0.2) is 5.69 Å². The van der Waals surface area contributed by atoms with E-state index in [4.69, 9.17) is 4.74 Å². The quantitative estimate of drug-likeness (QED) is 0.316. The van der Waals surface area contributed by atoms with E-state index in [1.807, 2.05) is 0 Å². The Bertz CT molecular complexity index is 1370. The van der Waals surface area contributed by atoms with Crippen molar-refractivity contribution in [3.8, 4) is 17.0 Å². The molecule has 1 saturated heterocycles. The van der Waals surface area contributed by atoms with Gasteiger partial charge in [0.25, 0.3) is 0 Å². The molecule has 0 unspecified atom stereocenters. The number of carbonyl (C=O) groups is 1. The van der Waals surface area contributed by atoms with Crippen molar-refractivity contribution >= 4 is 16.0 Å². The molecule has 1 fully saturated rings. The summed E-state index contributed by atoms with van der Waals surface area (Å²) in [5.74, 6) is -1.87. The van der Waals surface area contributed by atoms with E-state index < -0.39 is 38.8 Å². The van der Waals surface area contributed by atoms with Crippen LogP contribution in [-0.4, -0.2) is 54.5 Å². The Morgan fingerprint density at radius 1 is 1.08 bits per heavy atom. The van der Waals surface area contributed by atoms with E-state index in [0.717, 1.165) is 16.4 Å². The van der Waals surface area contributed by atoms with Crippen molar-refractivity contribution in [1.29, 1.82) is 0 Å². The predicted octanol–water partition coefficient (Wildman–Crippen LogP) is 4.79. The van der Waals surface area contributed by atoms with Crippen LogP contribution in [0.2, 0.25) is 0 Å². The lowest BCUT2D eigenvalue weighted by molar-refractivity contribution is -0.275. The smallest absolute Gasteiger partial charge is 0.461 e. The second-order valence-corrected chi connectivity index (χ2v) is 10.1. The molecule has 4 rings (SSSR count). The summed E-state index contributed by atoms with van der Waals surface area (Å²) in [5.41, 5.74) is 1.17. The Morgan fingerprint density at radius 3 is 2.35 bits per heavy atom. The first-order valence-corrected chi connectivity index (χ1v) is 12.8. The Balaban J connectivity index is 1.59. The van der Waals surface area contributed by atoms with Crippen molar-refractivity contribution in [1.82, 2.24) is 14.1 Å². The summed E-state index contributed by atoms with van der Waals surface area (Å²) in [6.45, 7) is 1.78. The average Bonchev–Trinajstić information content (AvgIpc) is 3.30. The standard InChI is InChI=1S/C24H23F4N3O5S/c1-2-35-23(32)19-15-20(16-7-9-17(25)10-8-16)31(29-19)18-11-13-30(14-12-18)37(33,34)22-6-4-3-5-21(22)36-24(26,27)28/h3-10,15,18H,2,11-14H2,1H3. The van der Waals surface area contributed by atoms with Gasteiger partial charge in [0.05, 0.1) is 18.3 Å². The van der Waals surface area contributed by atoms with Gasteiger partial charge in [-0.2, -0.15) is 9.40 Å². The minimum absolute atomic E-state index is 0.00912. The Hall–Kier alpha value is -3.45. The van der Waals surface area contributed by atoms with Crippen LogP contribution in [0.5, 0.6) is 5.75 Å². The number of carbonyl (C=O) groups excluding carboxylic acids is 1. The van der Waals surface area contributed by atoms with E-state index >= 15 is 0 Å². The maximum Gasteiger partial charge on any atom is 0.573 e. The van der Waals surface area contributed by atoms with Crippen LogP contribution in [0.3, 0.4) is 0 Å². The Morgan fingerprint density at radius 2 is 1.73 bits per heavy atom. The summed E-state index contributed by atoms with van der Waals surface area (Å²) in [4.78, 5) is 11.7. The highest BCUT2D eigenvalue weighted by molar-refractivity contribution is 7.89. The number of para-hydroxylation sites is 1. The fourth-order valence-corrected chi connectivity index (χ4v) is 5.74. The highest BCUT2D eigenvalue weighted by atomic mass is 32.2. The molecule has 2 aromatic carbocycles. The first-order valence-electron chi connectivity index (χ1n) is 11.4. The largest absolute Gasteiger partial charge is 0.573 e. The summed E-state index contributed by atoms with van der Waals surface area (Å²) in [6, 6.07) is 11.4. The van der Waals surface area contributed by atoms with Crippen LogP contribution < -0.4 is 4.74 Å². The fraction of sp³-hybridized carbons (Fsp3) is 0.333. The number of sulfonamides is 1. The lowest BCUT2D eigenvalue weighted by atomic mass is 10.1. The number of ether oxygens (including phenoxy) is 2. The first kappa shape index (κ1) is 26.6. The second kappa shape index (κ2) is 10.5. The van der Waals surface area contributed by atoms with Gasteiger partial charge >= 0.3 is 12.3 Å². The monoisotopic (exact) mass is 541 g/mol. The fourth-order valence-electron chi connectivity index (χ4n) is 4.15. The molecule has 8 nitrogen and oxygen atoms in total. The molecule has 13 heteroatoms. The Kier molecular flexibility index (Phi) is 7.55. The molecule has 1 aliphatic rings. The van der Waals surface area contributed by atoms with Crippen LogP contribution in [0.15, 0.2) is 59.5 Å². The van der Waals surface area contributed by atoms with E-state index in [2.05, 4.69) is 9.84 Å². The SMILES string of the molecule is CCOC(=O)c1cc(-c2ccc(F)cc2)n(C2CCN(S(=O)(=O)c3ccccc3OC(F)(F)F)CC2)n1. The molecule has 3 aromatic rings. The number of rotatable bonds is 7. The Labute approximate surface area is 210 Å². The normalized spacial score (nSPS) is 15.5. The zero-order valence-corrected chi connectivity index (χ0v) is 20.4. The van der Waals surface area contributed by atoms with Crippen molar-refractivity contribution in [2.45, 2.75) is 37.1 Å². The third kappa shape index (κ3) is 5.93. The van der Waals surface area contributed by atoms with Crippen LogP contribution in [0.4, 0.5) is 17.6 Å². The first-order chi connectivity index (χ1) is 17.5. The molecule has 0 atom stereocenters. The van der Waals surface area contributed by atoms with Crippen molar-refractivity contribution in [3.05, 3.63) is 66.1 Å². The topological polar surface area (TPSA) is 90.7 Å². The molecular formula is C24H23F4N3O5S. The van der Waals surface area contributed by atoms with Crippen LogP contribution in [0.25, 0.3) is 11.3 Å². The number of aromatic nitrogens is 2. The van der Waals surface area contributed by atoms with Crippen molar-refractivity contribution < 1.29 is 40.2 Å². The van der Waals surface area contributed by atoms with Gasteiger partial charge < -0.3 is 9.47 Å². The lowest BCUT2D eigenvalue weighted by Gasteiger charge is -2.32. The number of piperidine rings is 1. The van der Waals surface area contributed by atoms with Crippen LogP contribution >= 0.6 is 0 Å². The molecule has 37 heavy (non-hydrogen) atoms. The maximum atomic E-state index is 13.5. The molecule has 0 radical (unpaired) electrons. The minimum atomic E-state index is -5.05. The number of hydrogen-bond donors (Lipinski definition) is 0. The number of halogens is 4.